The monoisotopic (exact) mass is 303 g/mol. The maximum atomic E-state index is 12.6. The van der Waals surface area contributed by atoms with Gasteiger partial charge in [-0.1, -0.05) is 0 Å². The van der Waals surface area contributed by atoms with Gasteiger partial charge in [0.05, 0.1) is 37.2 Å². The zero-order valence-corrected chi connectivity index (χ0v) is 12.7. The lowest BCUT2D eigenvalue weighted by Gasteiger charge is -2.16. The Balaban J connectivity index is 1.56. The minimum Gasteiger partial charge on any atom is -0.382 e. The van der Waals surface area contributed by atoms with Crippen molar-refractivity contribution in [1.29, 1.82) is 0 Å². The largest absolute Gasteiger partial charge is 0.382 e. The van der Waals surface area contributed by atoms with Crippen LogP contribution in [0.2, 0.25) is 0 Å². The Bertz CT molecular complexity index is 640. The van der Waals surface area contributed by atoms with Crippen LogP contribution >= 0.6 is 0 Å². The van der Waals surface area contributed by atoms with E-state index in [0.717, 1.165) is 30.5 Å². The summed E-state index contributed by atoms with van der Waals surface area (Å²) < 4.78 is 10.5. The minimum atomic E-state index is 0.0795. The molecule has 1 aromatic heterocycles. The molecule has 22 heavy (non-hydrogen) atoms. The van der Waals surface area contributed by atoms with Gasteiger partial charge < -0.3 is 19.4 Å². The van der Waals surface area contributed by atoms with Crippen molar-refractivity contribution in [3.8, 4) is 0 Å². The first-order valence-electron chi connectivity index (χ1n) is 7.57. The summed E-state index contributed by atoms with van der Waals surface area (Å²) in [7, 11) is 1.66. The molecule has 0 unspecified atom stereocenters. The summed E-state index contributed by atoms with van der Waals surface area (Å²) in [5.41, 5.74) is 2.48. The molecule has 1 aromatic carbocycles. The molecule has 6 heteroatoms. The van der Waals surface area contributed by atoms with Crippen molar-refractivity contribution < 1.29 is 14.3 Å². The lowest BCUT2D eigenvalue weighted by atomic mass is 10.1. The molecule has 1 fully saturated rings. The van der Waals surface area contributed by atoms with Crippen molar-refractivity contribution in [2.24, 2.45) is 5.92 Å². The summed E-state index contributed by atoms with van der Waals surface area (Å²) in [4.78, 5) is 21.7. The van der Waals surface area contributed by atoms with Crippen LogP contribution in [0.4, 0.5) is 0 Å². The SMILES string of the molecule is COCCOC[C@@H]1CCN(C(=O)c2ccc3nc[nH]c3c2)C1. The number of amides is 1. The van der Waals surface area contributed by atoms with E-state index in [1.165, 1.54) is 0 Å². The summed E-state index contributed by atoms with van der Waals surface area (Å²) in [5, 5.41) is 0. The van der Waals surface area contributed by atoms with Crippen LogP contribution in [-0.2, 0) is 9.47 Å². The van der Waals surface area contributed by atoms with Gasteiger partial charge in [0.2, 0.25) is 0 Å². The Morgan fingerprint density at radius 1 is 1.45 bits per heavy atom. The van der Waals surface area contributed by atoms with Crippen molar-refractivity contribution >= 4 is 16.9 Å². The third-order valence-electron chi connectivity index (χ3n) is 4.03. The number of carbonyl (C=O) groups excluding carboxylic acids is 1. The molecule has 1 N–H and O–H groups in total. The quantitative estimate of drug-likeness (QED) is 0.825. The number of likely N-dealkylation sites (tertiary alicyclic amines) is 1. The Labute approximate surface area is 129 Å². The van der Waals surface area contributed by atoms with Crippen molar-refractivity contribution in [1.82, 2.24) is 14.9 Å². The molecule has 3 rings (SSSR count). The highest BCUT2D eigenvalue weighted by molar-refractivity contribution is 5.97. The summed E-state index contributed by atoms with van der Waals surface area (Å²) in [6.45, 7) is 3.45. The predicted octanol–water partition coefficient (Wildman–Crippen LogP) is 1.69. The molecule has 1 aliphatic heterocycles. The van der Waals surface area contributed by atoms with Gasteiger partial charge in [-0.05, 0) is 24.6 Å². The molecule has 1 aliphatic rings. The zero-order valence-electron chi connectivity index (χ0n) is 12.7. The number of carbonyl (C=O) groups is 1. The predicted molar refractivity (Wildman–Crippen MR) is 82.8 cm³/mol. The summed E-state index contributed by atoms with van der Waals surface area (Å²) in [6, 6.07) is 5.58. The van der Waals surface area contributed by atoms with Crippen LogP contribution in [0.3, 0.4) is 0 Å². The van der Waals surface area contributed by atoms with E-state index in [1.54, 1.807) is 13.4 Å². The van der Waals surface area contributed by atoms with Crippen LogP contribution in [0.25, 0.3) is 11.0 Å². The van der Waals surface area contributed by atoms with E-state index in [4.69, 9.17) is 9.47 Å². The molecule has 1 amide bonds. The smallest absolute Gasteiger partial charge is 0.253 e. The lowest BCUT2D eigenvalue weighted by molar-refractivity contribution is 0.0515. The standard InChI is InChI=1S/C16H21N3O3/c1-21-6-7-22-10-12-4-5-19(9-12)16(20)13-2-3-14-15(8-13)18-11-17-14/h2-3,8,11-12H,4-7,9-10H2,1H3,(H,17,18)/t12-/m1/s1. The summed E-state index contributed by atoms with van der Waals surface area (Å²) >= 11 is 0. The number of rotatable bonds is 6. The molecule has 0 aliphatic carbocycles. The molecule has 0 radical (unpaired) electrons. The van der Waals surface area contributed by atoms with E-state index < -0.39 is 0 Å². The Kier molecular flexibility index (Phi) is 4.70. The number of hydrogen-bond donors (Lipinski definition) is 1. The van der Waals surface area contributed by atoms with Gasteiger partial charge in [0.15, 0.2) is 0 Å². The van der Waals surface area contributed by atoms with Crippen LogP contribution in [0.1, 0.15) is 16.8 Å². The first kappa shape index (κ1) is 15.0. The van der Waals surface area contributed by atoms with E-state index in [2.05, 4.69) is 9.97 Å². The second-order valence-corrected chi connectivity index (χ2v) is 5.61. The molecule has 6 nitrogen and oxygen atoms in total. The number of imidazole rings is 1. The maximum Gasteiger partial charge on any atom is 0.253 e. The zero-order chi connectivity index (χ0) is 15.4. The number of fused-ring (bicyclic) bond motifs is 1. The number of hydrogen-bond acceptors (Lipinski definition) is 4. The second kappa shape index (κ2) is 6.89. The van der Waals surface area contributed by atoms with Gasteiger partial charge in [-0.25, -0.2) is 4.98 Å². The highest BCUT2D eigenvalue weighted by Crippen LogP contribution is 2.20. The van der Waals surface area contributed by atoms with Gasteiger partial charge >= 0.3 is 0 Å². The van der Waals surface area contributed by atoms with Crippen LogP contribution in [-0.4, -0.2) is 60.8 Å². The number of ether oxygens (including phenoxy) is 2. The topological polar surface area (TPSA) is 67.5 Å². The molecule has 0 bridgehead atoms. The highest BCUT2D eigenvalue weighted by atomic mass is 16.5. The first-order chi connectivity index (χ1) is 10.8. The fraction of sp³-hybridized carbons (Fsp3) is 0.500. The average Bonchev–Trinajstić information content (AvgIpc) is 3.19. The van der Waals surface area contributed by atoms with Gasteiger partial charge in [0.25, 0.3) is 5.91 Å². The third kappa shape index (κ3) is 3.28. The van der Waals surface area contributed by atoms with Gasteiger partial charge in [-0.2, -0.15) is 0 Å². The second-order valence-electron chi connectivity index (χ2n) is 5.61. The summed E-state index contributed by atoms with van der Waals surface area (Å²) in [6.07, 6.45) is 2.63. The van der Waals surface area contributed by atoms with Gasteiger partial charge in [0, 0.05) is 31.7 Å². The average molecular weight is 303 g/mol. The number of nitrogens with one attached hydrogen (secondary N) is 1. The molecular weight excluding hydrogens is 282 g/mol. The lowest BCUT2D eigenvalue weighted by Crippen LogP contribution is -2.29. The van der Waals surface area contributed by atoms with E-state index in [0.29, 0.717) is 31.3 Å². The van der Waals surface area contributed by atoms with Crippen LogP contribution in [0.15, 0.2) is 24.5 Å². The van der Waals surface area contributed by atoms with Crippen molar-refractivity contribution in [2.45, 2.75) is 6.42 Å². The van der Waals surface area contributed by atoms with Gasteiger partial charge in [-0.3, -0.25) is 4.79 Å². The number of nitrogens with zero attached hydrogens (tertiary/aromatic N) is 2. The van der Waals surface area contributed by atoms with E-state index in [-0.39, 0.29) is 5.91 Å². The number of methoxy groups -OCH3 is 1. The Hall–Kier alpha value is -1.92. The molecular formula is C16H21N3O3. The number of aromatic amines is 1. The normalized spacial score (nSPS) is 18.2. The molecule has 0 saturated carbocycles. The number of aromatic nitrogens is 2. The Morgan fingerprint density at radius 2 is 2.36 bits per heavy atom. The summed E-state index contributed by atoms with van der Waals surface area (Å²) in [5.74, 6) is 0.493. The molecule has 118 valence electrons. The van der Waals surface area contributed by atoms with E-state index in [1.807, 2.05) is 23.1 Å². The van der Waals surface area contributed by atoms with Crippen molar-refractivity contribution in [3.63, 3.8) is 0 Å². The Morgan fingerprint density at radius 3 is 3.23 bits per heavy atom. The van der Waals surface area contributed by atoms with Gasteiger partial charge in [-0.15, -0.1) is 0 Å². The maximum absolute atomic E-state index is 12.6. The third-order valence-corrected chi connectivity index (χ3v) is 4.03. The van der Waals surface area contributed by atoms with Crippen molar-refractivity contribution in [3.05, 3.63) is 30.1 Å². The van der Waals surface area contributed by atoms with Crippen LogP contribution in [0, 0.1) is 5.92 Å². The molecule has 0 spiro atoms. The highest BCUT2D eigenvalue weighted by Gasteiger charge is 2.27. The molecule has 1 saturated heterocycles. The van der Waals surface area contributed by atoms with E-state index in [9.17, 15) is 4.79 Å². The van der Waals surface area contributed by atoms with Crippen LogP contribution < -0.4 is 0 Å². The first-order valence-corrected chi connectivity index (χ1v) is 7.57. The number of H-pyrrole nitrogens is 1. The molecule has 1 atom stereocenters. The minimum absolute atomic E-state index is 0.0795. The van der Waals surface area contributed by atoms with Gasteiger partial charge in [0.1, 0.15) is 0 Å². The molecule has 2 heterocycles. The fourth-order valence-corrected chi connectivity index (χ4v) is 2.80. The van der Waals surface area contributed by atoms with Crippen LogP contribution in [0.5, 0.6) is 0 Å². The van der Waals surface area contributed by atoms with E-state index >= 15 is 0 Å². The number of benzene rings is 1. The fourth-order valence-electron chi connectivity index (χ4n) is 2.80. The molecule has 2 aromatic rings. The van der Waals surface area contributed by atoms with Crippen molar-refractivity contribution in [2.75, 3.05) is 40.0 Å².